The fourth-order valence-electron chi connectivity index (χ4n) is 2.74. The molecule has 1 aromatic carbocycles. The number of amides is 1. The standard InChI is InChI=1S/C21H18N6O2.H2/c1-13-18(20-26-25-19(29-20)16-6-4-5-11-22-16)24-17(12-23-13)14-7-9-15(10-8-14)21(28)27(2)3;/h4-12H,1-3H3;1H. The van der Waals surface area contributed by atoms with Crippen molar-refractivity contribution in [3.05, 3.63) is 66.1 Å². The zero-order chi connectivity index (χ0) is 20.4. The Hall–Kier alpha value is -3.94. The number of hydrogen-bond acceptors (Lipinski definition) is 7. The largest absolute Gasteiger partial charge is 0.413 e. The summed E-state index contributed by atoms with van der Waals surface area (Å²) < 4.78 is 5.77. The summed E-state index contributed by atoms with van der Waals surface area (Å²) in [5.74, 6) is 0.538. The Morgan fingerprint density at radius 1 is 0.966 bits per heavy atom. The Bertz CT molecular complexity index is 1160. The van der Waals surface area contributed by atoms with Crippen LogP contribution in [0.1, 0.15) is 17.5 Å². The highest BCUT2D eigenvalue weighted by molar-refractivity contribution is 5.94. The maximum atomic E-state index is 12.1. The summed E-state index contributed by atoms with van der Waals surface area (Å²) in [7, 11) is 3.44. The maximum absolute atomic E-state index is 12.1. The van der Waals surface area contributed by atoms with E-state index in [0.717, 1.165) is 5.56 Å². The van der Waals surface area contributed by atoms with E-state index in [9.17, 15) is 4.79 Å². The van der Waals surface area contributed by atoms with Crippen LogP contribution >= 0.6 is 0 Å². The Balaban J connectivity index is 0.00000256. The van der Waals surface area contributed by atoms with Crippen LogP contribution in [0.3, 0.4) is 0 Å². The van der Waals surface area contributed by atoms with Crippen LogP contribution in [0.5, 0.6) is 0 Å². The van der Waals surface area contributed by atoms with Gasteiger partial charge in [0.05, 0.1) is 17.6 Å². The van der Waals surface area contributed by atoms with E-state index in [1.165, 1.54) is 4.90 Å². The predicted molar refractivity (Wildman–Crippen MR) is 109 cm³/mol. The summed E-state index contributed by atoms with van der Waals surface area (Å²) in [4.78, 5) is 26.9. The molecule has 0 aliphatic rings. The molecule has 4 aromatic rings. The van der Waals surface area contributed by atoms with Gasteiger partial charge in [-0.1, -0.05) is 18.2 Å². The molecule has 0 aliphatic heterocycles. The molecule has 0 aliphatic carbocycles. The highest BCUT2D eigenvalue weighted by Gasteiger charge is 2.17. The quantitative estimate of drug-likeness (QED) is 0.527. The predicted octanol–water partition coefficient (Wildman–Crippen LogP) is 3.51. The molecule has 0 N–H and O–H groups in total. The molecule has 0 saturated heterocycles. The molecule has 0 spiro atoms. The first-order chi connectivity index (χ1) is 14.0. The lowest BCUT2D eigenvalue weighted by Crippen LogP contribution is -2.21. The Kier molecular flexibility index (Phi) is 4.82. The van der Waals surface area contributed by atoms with Crippen LogP contribution in [0.15, 0.2) is 59.3 Å². The molecular weight excluding hydrogens is 368 g/mol. The van der Waals surface area contributed by atoms with Gasteiger partial charge in [0.1, 0.15) is 11.4 Å². The van der Waals surface area contributed by atoms with Gasteiger partial charge in [-0.15, -0.1) is 10.2 Å². The van der Waals surface area contributed by atoms with Crippen LogP contribution in [-0.2, 0) is 0 Å². The summed E-state index contributed by atoms with van der Waals surface area (Å²) in [6.07, 6.45) is 3.34. The molecule has 0 atom stereocenters. The van der Waals surface area contributed by atoms with Crippen molar-refractivity contribution in [3.8, 4) is 34.4 Å². The van der Waals surface area contributed by atoms with E-state index in [0.29, 0.717) is 34.2 Å². The van der Waals surface area contributed by atoms with Gasteiger partial charge in [0.2, 0.25) is 0 Å². The van der Waals surface area contributed by atoms with Crippen molar-refractivity contribution in [2.75, 3.05) is 14.1 Å². The molecule has 0 saturated carbocycles. The zero-order valence-corrected chi connectivity index (χ0v) is 16.2. The minimum atomic E-state index is -0.0554. The normalized spacial score (nSPS) is 10.7. The average Bonchev–Trinajstić information content (AvgIpc) is 3.24. The molecule has 0 unspecified atom stereocenters. The Labute approximate surface area is 168 Å². The first-order valence-corrected chi connectivity index (χ1v) is 8.94. The van der Waals surface area contributed by atoms with Gasteiger partial charge in [-0.3, -0.25) is 14.8 Å². The van der Waals surface area contributed by atoms with E-state index in [1.807, 2.05) is 31.2 Å². The molecule has 0 bridgehead atoms. The lowest BCUT2D eigenvalue weighted by molar-refractivity contribution is 0.0827. The fraction of sp³-hybridized carbons (Fsp3) is 0.143. The third-order valence-electron chi connectivity index (χ3n) is 4.30. The lowest BCUT2D eigenvalue weighted by atomic mass is 10.1. The number of aryl methyl sites for hydroxylation is 1. The summed E-state index contributed by atoms with van der Waals surface area (Å²) in [5, 5.41) is 8.17. The highest BCUT2D eigenvalue weighted by atomic mass is 16.4. The van der Waals surface area contributed by atoms with Crippen molar-refractivity contribution in [3.63, 3.8) is 0 Å². The van der Waals surface area contributed by atoms with Crippen LogP contribution in [0.2, 0.25) is 0 Å². The van der Waals surface area contributed by atoms with Crippen LogP contribution in [0.4, 0.5) is 0 Å². The molecule has 8 heteroatoms. The fourth-order valence-corrected chi connectivity index (χ4v) is 2.74. The molecular formula is C21H20N6O2. The van der Waals surface area contributed by atoms with Crippen LogP contribution in [0.25, 0.3) is 34.4 Å². The van der Waals surface area contributed by atoms with E-state index in [1.54, 1.807) is 44.7 Å². The van der Waals surface area contributed by atoms with Crippen molar-refractivity contribution in [1.29, 1.82) is 0 Å². The summed E-state index contributed by atoms with van der Waals surface area (Å²) >= 11 is 0. The summed E-state index contributed by atoms with van der Waals surface area (Å²) in [6, 6.07) is 12.7. The van der Waals surface area contributed by atoms with Gasteiger partial charge in [0, 0.05) is 32.8 Å². The van der Waals surface area contributed by atoms with Crippen molar-refractivity contribution >= 4 is 5.91 Å². The molecule has 1 amide bonds. The molecule has 29 heavy (non-hydrogen) atoms. The second kappa shape index (κ2) is 7.59. The first kappa shape index (κ1) is 18.4. The van der Waals surface area contributed by atoms with Crippen LogP contribution < -0.4 is 0 Å². The average molecular weight is 388 g/mol. The second-order valence-electron chi connectivity index (χ2n) is 6.59. The van der Waals surface area contributed by atoms with E-state index in [2.05, 4.69) is 25.1 Å². The Morgan fingerprint density at radius 3 is 2.41 bits per heavy atom. The molecule has 4 rings (SSSR count). The molecule has 3 heterocycles. The number of nitrogens with zero attached hydrogens (tertiary/aromatic N) is 6. The van der Waals surface area contributed by atoms with Gasteiger partial charge in [0.25, 0.3) is 17.7 Å². The van der Waals surface area contributed by atoms with E-state index in [-0.39, 0.29) is 13.2 Å². The van der Waals surface area contributed by atoms with Gasteiger partial charge in [0.15, 0.2) is 0 Å². The first-order valence-electron chi connectivity index (χ1n) is 8.94. The van der Waals surface area contributed by atoms with Gasteiger partial charge in [-0.05, 0) is 31.2 Å². The van der Waals surface area contributed by atoms with E-state index < -0.39 is 0 Å². The van der Waals surface area contributed by atoms with Crippen molar-refractivity contribution in [2.45, 2.75) is 6.92 Å². The van der Waals surface area contributed by atoms with E-state index in [4.69, 9.17) is 4.42 Å². The number of carbonyl (C=O) groups excluding carboxylic acids is 1. The SMILES string of the molecule is Cc1ncc(-c2ccc(C(=O)N(C)C)cc2)nc1-c1nnc(-c2ccccn2)o1.[HH]. The number of carbonyl (C=O) groups is 1. The molecule has 8 nitrogen and oxygen atoms in total. The van der Waals surface area contributed by atoms with Gasteiger partial charge >= 0.3 is 0 Å². The molecule has 0 radical (unpaired) electrons. The maximum Gasteiger partial charge on any atom is 0.268 e. The number of aromatic nitrogens is 5. The minimum absolute atomic E-state index is 0. The minimum Gasteiger partial charge on any atom is -0.413 e. The number of hydrogen-bond donors (Lipinski definition) is 0. The highest BCUT2D eigenvalue weighted by Crippen LogP contribution is 2.26. The zero-order valence-electron chi connectivity index (χ0n) is 16.2. The van der Waals surface area contributed by atoms with Crippen LogP contribution in [0, 0.1) is 6.92 Å². The number of benzene rings is 1. The number of pyridine rings is 1. The number of rotatable bonds is 4. The van der Waals surface area contributed by atoms with Crippen LogP contribution in [-0.4, -0.2) is 50.1 Å². The van der Waals surface area contributed by atoms with Crippen molar-refractivity contribution in [1.82, 2.24) is 30.0 Å². The summed E-state index contributed by atoms with van der Waals surface area (Å²) in [6.45, 7) is 1.83. The topological polar surface area (TPSA) is 97.9 Å². The van der Waals surface area contributed by atoms with Crippen molar-refractivity contribution < 1.29 is 10.6 Å². The molecule has 146 valence electrons. The third-order valence-corrected chi connectivity index (χ3v) is 4.30. The molecule has 3 aromatic heterocycles. The third kappa shape index (κ3) is 3.73. The van der Waals surface area contributed by atoms with Crippen molar-refractivity contribution in [2.24, 2.45) is 0 Å². The van der Waals surface area contributed by atoms with E-state index >= 15 is 0 Å². The second-order valence-corrected chi connectivity index (χ2v) is 6.59. The monoisotopic (exact) mass is 388 g/mol. The summed E-state index contributed by atoms with van der Waals surface area (Å²) in [5.41, 5.74) is 3.85. The van der Waals surface area contributed by atoms with Gasteiger partial charge in [-0.2, -0.15) is 0 Å². The Morgan fingerprint density at radius 2 is 1.72 bits per heavy atom. The smallest absolute Gasteiger partial charge is 0.268 e. The van der Waals surface area contributed by atoms with Gasteiger partial charge in [-0.25, -0.2) is 4.98 Å². The van der Waals surface area contributed by atoms with Gasteiger partial charge < -0.3 is 9.32 Å². The lowest BCUT2D eigenvalue weighted by Gasteiger charge is -2.10. The molecule has 0 fully saturated rings.